The monoisotopic (exact) mass is 198 g/mol. The van der Waals surface area contributed by atoms with Gasteiger partial charge in [0.05, 0.1) is 6.10 Å². The Morgan fingerprint density at radius 1 is 1.86 bits per heavy atom. The van der Waals surface area contributed by atoms with Gasteiger partial charge in [-0.3, -0.25) is 4.79 Å². The number of likely N-dealkylation sites (tertiary alicyclic amines) is 1. The third-order valence-electron chi connectivity index (χ3n) is 2.53. The van der Waals surface area contributed by atoms with Gasteiger partial charge in [0.2, 0.25) is 5.91 Å². The van der Waals surface area contributed by atoms with E-state index in [0.717, 1.165) is 6.42 Å². The van der Waals surface area contributed by atoms with Crippen LogP contribution in [0.25, 0.3) is 10.4 Å². The molecule has 1 aliphatic heterocycles. The van der Waals surface area contributed by atoms with Crippen molar-refractivity contribution in [3.63, 3.8) is 0 Å². The number of aliphatic hydroxyl groups excluding tert-OH is 1. The van der Waals surface area contributed by atoms with Crippen molar-refractivity contribution in [2.24, 2.45) is 11.0 Å². The zero-order chi connectivity index (χ0) is 10.6. The summed E-state index contributed by atoms with van der Waals surface area (Å²) in [4.78, 5) is 15.5. The smallest absolute Gasteiger partial charge is 0.228 e. The molecule has 0 aromatic carbocycles. The van der Waals surface area contributed by atoms with Crippen LogP contribution in [0.15, 0.2) is 5.11 Å². The van der Waals surface area contributed by atoms with Crippen LogP contribution in [0.2, 0.25) is 0 Å². The van der Waals surface area contributed by atoms with E-state index in [1.165, 1.54) is 0 Å². The van der Waals surface area contributed by atoms with E-state index in [0.29, 0.717) is 13.1 Å². The van der Waals surface area contributed by atoms with Gasteiger partial charge in [-0.1, -0.05) is 5.11 Å². The van der Waals surface area contributed by atoms with Crippen molar-refractivity contribution in [2.75, 3.05) is 19.6 Å². The predicted octanol–water partition coefficient (Wildman–Crippen LogP) is 0.526. The average Bonchev–Trinajstić information content (AvgIpc) is 2.62. The molecule has 78 valence electrons. The van der Waals surface area contributed by atoms with Crippen molar-refractivity contribution in [1.29, 1.82) is 0 Å². The molecule has 1 N–H and O–H groups in total. The van der Waals surface area contributed by atoms with Crippen LogP contribution in [-0.2, 0) is 4.79 Å². The van der Waals surface area contributed by atoms with E-state index in [2.05, 4.69) is 10.0 Å². The van der Waals surface area contributed by atoms with Crippen molar-refractivity contribution in [2.45, 2.75) is 19.4 Å². The van der Waals surface area contributed by atoms with E-state index in [1.807, 2.05) is 0 Å². The van der Waals surface area contributed by atoms with Crippen LogP contribution >= 0.6 is 0 Å². The highest BCUT2D eigenvalue weighted by Crippen LogP contribution is 2.19. The van der Waals surface area contributed by atoms with Gasteiger partial charge in [-0.25, -0.2) is 0 Å². The molecule has 0 aliphatic carbocycles. The number of hydrogen-bond donors (Lipinski definition) is 1. The summed E-state index contributed by atoms with van der Waals surface area (Å²) >= 11 is 0. The van der Waals surface area contributed by atoms with Crippen molar-refractivity contribution in [3.05, 3.63) is 10.4 Å². The van der Waals surface area contributed by atoms with Gasteiger partial charge in [-0.2, -0.15) is 0 Å². The summed E-state index contributed by atoms with van der Waals surface area (Å²) in [6, 6.07) is 0. The molecule has 14 heavy (non-hydrogen) atoms. The first-order valence-corrected chi connectivity index (χ1v) is 4.62. The highest BCUT2D eigenvalue weighted by atomic mass is 16.3. The first-order chi connectivity index (χ1) is 6.65. The molecule has 1 rings (SSSR count). The van der Waals surface area contributed by atoms with Crippen LogP contribution in [0.3, 0.4) is 0 Å². The fourth-order valence-electron chi connectivity index (χ4n) is 1.60. The van der Waals surface area contributed by atoms with Gasteiger partial charge >= 0.3 is 0 Å². The standard InChI is InChI=1S/C8H14N4O2/c1-6(13)7-2-3-12(5-7)8(14)4-10-11-9/h6-7,13H,2-5H2,1H3/t6-,7-/m1/s1. The largest absolute Gasteiger partial charge is 0.393 e. The summed E-state index contributed by atoms with van der Waals surface area (Å²) < 4.78 is 0. The molecular formula is C8H14N4O2. The lowest BCUT2D eigenvalue weighted by Crippen LogP contribution is -2.31. The molecule has 0 saturated carbocycles. The fourth-order valence-corrected chi connectivity index (χ4v) is 1.60. The van der Waals surface area contributed by atoms with Gasteiger partial charge in [-0.05, 0) is 18.9 Å². The van der Waals surface area contributed by atoms with Crippen LogP contribution in [0.5, 0.6) is 0 Å². The molecule has 2 atom stereocenters. The molecule has 1 aliphatic rings. The summed E-state index contributed by atoms with van der Waals surface area (Å²) in [6.45, 7) is 2.82. The van der Waals surface area contributed by atoms with E-state index in [9.17, 15) is 9.90 Å². The quantitative estimate of drug-likeness (QED) is 0.407. The second-order valence-electron chi connectivity index (χ2n) is 3.52. The van der Waals surface area contributed by atoms with E-state index in [1.54, 1.807) is 11.8 Å². The molecule has 0 aromatic heterocycles. The van der Waals surface area contributed by atoms with Crippen molar-refractivity contribution < 1.29 is 9.90 Å². The van der Waals surface area contributed by atoms with E-state index >= 15 is 0 Å². The lowest BCUT2D eigenvalue weighted by atomic mass is 10.0. The molecule has 1 saturated heterocycles. The summed E-state index contributed by atoms with van der Waals surface area (Å²) in [5.41, 5.74) is 8.05. The second-order valence-corrected chi connectivity index (χ2v) is 3.52. The number of azide groups is 1. The molecule has 6 nitrogen and oxygen atoms in total. The van der Waals surface area contributed by atoms with Crippen molar-refractivity contribution >= 4 is 5.91 Å². The number of aliphatic hydroxyl groups is 1. The Labute approximate surface area is 82.1 Å². The molecule has 0 unspecified atom stereocenters. The van der Waals surface area contributed by atoms with Gasteiger partial charge in [0.1, 0.15) is 6.54 Å². The Hall–Kier alpha value is -1.26. The second kappa shape index (κ2) is 4.83. The highest BCUT2D eigenvalue weighted by molar-refractivity contribution is 5.78. The molecule has 0 aromatic rings. The zero-order valence-electron chi connectivity index (χ0n) is 8.13. The molecule has 6 heteroatoms. The van der Waals surface area contributed by atoms with Gasteiger partial charge < -0.3 is 10.0 Å². The Balaban J connectivity index is 2.41. The number of hydrogen-bond acceptors (Lipinski definition) is 3. The SMILES string of the molecule is C[C@@H](O)[C@@H]1CCN(C(=O)CN=[N+]=[N-])C1. The van der Waals surface area contributed by atoms with Gasteiger partial charge in [0.25, 0.3) is 0 Å². The number of amides is 1. The Bertz CT molecular complexity index is 260. The molecule has 0 radical (unpaired) electrons. The van der Waals surface area contributed by atoms with Gasteiger partial charge in [0, 0.05) is 23.9 Å². The molecule has 1 fully saturated rings. The minimum absolute atomic E-state index is 0.122. The van der Waals surface area contributed by atoms with E-state index in [-0.39, 0.29) is 24.5 Å². The fraction of sp³-hybridized carbons (Fsp3) is 0.875. The number of nitrogens with zero attached hydrogens (tertiary/aromatic N) is 4. The summed E-state index contributed by atoms with van der Waals surface area (Å²) in [7, 11) is 0. The first kappa shape index (κ1) is 10.8. The third kappa shape index (κ3) is 2.61. The van der Waals surface area contributed by atoms with Crippen molar-refractivity contribution in [1.82, 2.24) is 4.90 Å². The Kier molecular flexibility index (Phi) is 3.73. The minimum atomic E-state index is -0.382. The molecule has 1 amide bonds. The van der Waals surface area contributed by atoms with Gasteiger partial charge in [-0.15, -0.1) is 0 Å². The number of carbonyl (C=O) groups is 1. The Morgan fingerprint density at radius 2 is 2.57 bits per heavy atom. The van der Waals surface area contributed by atoms with E-state index in [4.69, 9.17) is 5.53 Å². The number of rotatable bonds is 3. The lowest BCUT2D eigenvalue weighted by molar-refractivity contribution is -0.128. The predicted molar refractivity (Wildman–Crippen MR) is 50.4 cm³/mol. The normalized spacial score (nSPS) is 23.0. The first-order valence-electron chi connectivity index (χ1n) is 4.62. The van der Waals surface area contributed by atoms with E-state index < -0.39 is 0 Å². The topological polar surface area (TPSA) is 89.3 Å². The maximum atomic E-state index is 11.4. The summed E-state index contributed by atoms with van der Waals surface area (Å²) in [5.74, 6) is -0.00374. The van der Waals surface area contributed by atoms with Crippen LogP contribution in [-0.4, -0.2) is 41.7 Å². The maximum absolute atomic E-state index is 11.4. The van der Waals surface area contributed by atoms with Crippen molar-refractivity contribution in [3.8, 4) is 0 Å². The molecular weight excluding hydrogens is 184 g/mol. The Morgan fingerprint density at radius 3 is 3.07 bits per heavy atom. The molecule has 0 bridgehead atoms. The minimum Gasteiger partial charge on any atom is -0.393 e. The summed E-state index contributed by atoms with van der Waals surface area (Å²) in [5, 5.41) is 12.5. The van der Waals surface area contributed by atoms with Crippen LogP contribution in [0.1, 0.15) is 13.3 Å². The number of carbonyl (C=O) groups excluding carboxylic acids is 1. The maximum Gasteiger partial charge on any atom is 0.228 e. The zero-order valence-corrected chi connectivity index (χ0v) is 8.13. The molecule has 0 spiro atoms. The van der Waals surface area contributed by atoms with Crippen LogP contribution in [0.4, 0.5) is 0 Å². The lowest BCUT2D eigenvalue weighted by Gasteiger charge is -2.16. The molecule has 1 heterocycles. The average molecular weight is 198 g/mol. The van der Waals surface area contributed by atoms with Crippen LogP contribution in [0, 0.1) is 5.92 Å². The van der Waals surface area contributed by atoms with Gasteiger partial charge in [0.15, 0.2) is 0 Å². The summed E-state index contributed by atoms with van der Waals surface area (Å²) in [6.07, 6.45) is 0.437. The van der Waals surface area contributed by atoms with Crippen LogP contribution < -0.4 is 0 Å². The highest BCUT2D eigenvalue weighted by Gasteiger charge is 2.28. The third-order valence-corrected chi connectivity index (χ3v) is 2.53.